The summed E-state index contributed by atoms with van der Waals surface area (Å²) in [4.78, 5) is 27.8. The first-order valence-corrected chi connectivity index (χ1v) is 8.20. The van der Waals surface area contributed by atoms with Crippen molar-refractivity contribution in [3.63, 3.8) is 0 Å². The molecule has 6 nitrogen and oxygen atoms in total. The van der Waals surface area contributed by atoms with Crippen molar-refractivity contribution in [2.45, 2.75) is 26.9 Å². The van der Waals surface area contributed by atoms with Crippen LogP contribution in [-0.2, 0) is 9.59 Å². The van der Waals surface area contributed by atoms with Gasteiger partial charge in [0.05, 0.1) is 11.4 Å². The number of thiazole rings is 1. The van der Waals surface area contributed by atoms with E-state index in [4.69, 9.17) is 4.74 Å². The zero-order valence-electron chi connectivity index (χ0n) is 13.0. The summed E-state index contributed by atoms with van der Waals surface area (Å²) in [5.74, 6) is 0.314. The monoisotopic (exact) mass is 331 g/mol. The van der Waals surface area contributed by atoms with Crippen molar-refractivity contribution in [1.82, 2.24) is 4.98 Å². The van der Waals surface area contributed by atoms with Gasteiger partial charge in [0.2, 0.25) is 5.91 Å². The average Bonchev–Trinajstić information content (AvgIpc) is 2.96. The van der Waals surface area contributed by atoms with Gasteiger partial charge >= 0.3 is 0 Å². The molecular weight excluding hydrogens is 314 g/mol. The molecule has 2 heterocycles. The fourth-order valence-corrected chi connectivity index (χ4v) is 2.80. The standard InChI is InChI=1S/C16H17N3O3S/c1-8(2)14(20)19-16-18-12(7-23-16)10-4-5-13-11(6-10)17-15(21)9(3)22-13/h4-9H,1-3H3,(H,17,21)(H,18,19,20)/t9-/m0/s1. The van der Waals surface area contributed by atoms with E-state index in [0.717, 1.165) is 11.3 Å². The molecule has 0 fully saturated rings. The van der Waals surface area contributed by atoms with Crippen LogP contribution in [0.5, 0.6) is 5.75 Å². The lowest BCUT2D eigenvalue weighted by Gasteiger charge is -2.23. The Hall–Kier alpha value is -2.41. The van der Waals surface area contributed by atoms with Gasteiger partial charge < -0.3 is 15.4 Å². The minimum absolute atomic E-state index is 0.0639. The number of nitrogens with zero attached hydrogens (tertiary/aromatic N) is 1. The maximum atomic E-state index is 11.7. The molecule has 0 bridgehead atoms. The molecule has 23 heavy (non-hydrogen) atoms. The number of rotatable bonds is 3. The quantitative estimate of drug-likeness (QED) is 0.905. The molecule has 1 aromatic heterocycles. The molecule has 0 saturated carbocycles. The highest BCUT2D eigenvalue weighted by Gasteiger charge is 2.23. The first-order valence-electron chi connectivity index (χ1n) is 7.32. The van der Waals surface area contributed by atoms with Crippen molar-refractivity contribution < 1.29 is 14.3 Å². The Labute approximate surface area is 137 Å². The summed E-state index contributed by atoms with van der Waals surface area (Å²) in [6, 6.07) is 5.51. The van der Waals surface area contributed by atoms with Crippen LogP contribution in [0.4, 0.5) is 10.8 Å². The number of hydrogen-bond donors (Lipinski definition) is 2. The molecule has 0 saturated heterocycles. The molecule has 1 atom stereocenters. The summed E-state index contributed by atoms with van der Waals surface area (Å²) < 4.78 is 5.53. The van der Waals surface area contributed by atoms with E-state index in [0.29, 0.717) is 16.6 Å². The average molecular weight is 331 g/mol. The maximum Gasteiger partial charge on any atom is 0.265 e. The third kappa shape index (κ3) is 3.19. The van der Waals surface area contributed by atoms with Gasteiger partial charge in [-0.3, -0.25) is 9.59 Å². The molecule has 2 amide bonds. The summed E-state index contributed by atoms with van der Waals surface area (Å²) in [7, 11) is 0. The highest BCUT2D eigenvalue weighted by Crippen LogP contribution is 2.34. The van der Waals surface area contributed by atoms with Gasteiger partial charge in [-0.05, 0) is 25.1 Å². The largest absolute Gasteiger partial charge is 0.479 e. The van der Waals surface area contributed by atoms with Gasteiger partial charge in [-0.1, -0.05) is 13.8 Å². The smallest absolute Gasteiger partial charge is 0.265 e. The van der Waals surface area contributed by atoms with Gasteiger partial charge in [-0.25, -0.2) is 4.98 Å². The second-order valence-electron chi connectivity index (χ2n) is 5.64. The minimum atomic E-state index is -0.495. The molecule has 0 unspecified atom stereocenters. The Morgan fingerprint density at radius 2 is 2.22 bits per heavy atom. The van der Waals surface area contributed by atoms with Crippen LogP contribution in [0.25, 0.3) is 11.3 Å². The lowest BCUT2D eigenvalue weighted by Crippen LogP contribution is -2.34. The molecule has 0 spiro atoms. The van der Waals surface area contributed by atoms with E-state index < -0.39 is 6.10 Å². The Bertz CT molecular complexity index is 770. The summed E-state index contributed by atoms with van der Waals surface area (Å²) in [6.07, 6.45) is -0.495. The van der Waals surface area contributed by atoms with Gasteiger partial charge in [0, 0.05) is 16.9 Å². The van der Waals surface area contributed by atoms with Crippen LogP contribution in [0, 0.1) is 5.92 Å². The van der Waals surface area contributed by atoms with E-state index >= 15 is 0 Å². The molecule has 120 valence electrons. The Kier molecular flexibility index (Phi) is 4.04. The van der Waals surface area contributed by atoms with Crippen LogP contribution in [0.1, 0.15) is 20.8 Å². The van der Waals surface area contributed by atoms with Gasteiger partial charge in [-0.15, -0.1) is 11.3 Å². The van der Waals surface area contributed by atoms with Crippen LogP contribution in [0.3, 0.4) is 0 Å². The predicted molar refractivity (Wildman–Crippen MR) is 89.7 cm³/mol. The Morgan fingerprint density at radius 3 is 2.96 bits per heavy atom. The zero-order valence-corrected chi connectivity index (χ0v) is 13.9. The summed E-state index contributed by atoms with van der Waals surface area (Å²) in [5.41, 5.74) is 2.22. The van der Waals surface area contributed by atoms with Crippen LogP contribution in [0.15, 0.2) is 23.6 Å². The highest BCUT2D eigenvalue weighted by molar-refractivity contribution is 7.14. The summed E-state index contributed by atoms with van der Waals surface area (Å²) in [6.45, 7) is 5.37. The number of benzene rings is 1. The van der Waals surface area contributed by atoms with E-state index in [1.165, 1.54) is 11.3 Å². The van der Waals surface area contributed by atoms with Crippen molar-refractivity contribution in [1.29, 1.82) is 0 Å². The van der Waals surface area contributed by atoms with E-state index in [-0.39, 0.29) is 17.7 Å². The van der Waals surface area contributed by atoms with Crippen molar-refractivity contribution in [3.8, 4) is 17.0 Å². The number of aromatic nitrogens is 1. The third-order valence-corrected chi connectivity index (χ3v) is 4.22. The van der Waals surface area contributed by atoms with Crippen LogP contribution < -0.4 is 15.4 Å². The molecule has 1 aromatic carbocycles. The number of fused-ring (bicyclic) bond motifs is 1. The summed E-state index contributed by atoms with van der Waals surface area (Å²) in [5, 5.41) is 8.02. The van der Waals surface area contributed by atoms with Crippen LogP contribution >= 0.6 is 11.3 Å². The third-order valence-electron chi connectivity index (χ3n) is 3.46. The molecule has 0 radical (unpaired) electrons. The molecule has 2 aromatic rings. The fraction of sp³-hybridized carbons (Fsp3) is 0.312. The minimum Gasteiger partial charge on any atom is -0.479 e. The number of ether oxygens (including phenoxy) is 1. The van der Waals surface area contributed by atoms with Crippen LogP contribution in [0.2, 0.25) is 0 Å². The fourth-order valence-electron chi connectivity index (χ4n) is 2.08. The number of hydrogen-bond acceptors (Lipinski definition) is 5. The normalized spacial score (nSPS) is 16.5. The van der Waals surface area contributed by atoms with Crippen molar-refractivity contribution in [2.75, 3.05) is 10.6 Å². The van der Waals surface area contributed by atoms with Crippen molar-refractivity contribution in [3.05, 3.63) is 23.6 Å². The summed E-state index contributed by atoms with van der Waals surface area (Å²) >= 11 is 1.37. The second kappa shape index (κ2) is 6.00. The maximum absolute atomic E-state index is 11.7. The second-order valence-corrected chi connectivity index (χ2v) is 6.50. The Balaban J connectivity index is 1.83. The number of nitrogens with one attached hydrogen (secondary N) is 2. The lowest BCUT2D eigenvalue weighted by molar-refractivity contribution is -0.122. The topological polar surface area (TPSA) is 80.3 Å². The van der Waals surface area contributed by atoms with E-state index in [2.05, 4.69) is 15.6 Å². The highest BCUT2D eigenvalue weighted by atomic mass is 32.1. The van der Waals surface area contributed by atoms with E-state index in [1.807, 2.05) is 37.4 Å². The zero-order chi connectivity index (χ0) is 16.6. The van der Waals surface area contributed by atoms with Crippen LogP contribution in [-0.4, -0.2) is 22.9 Å². The molecule has 2 N–H and O–H groups in total. The number of anilines is 2. The predicted octanol–water partition coefficient (Wildman–Crippen LogP) is 3.12. The number of carbonyl (C=O) groups excluding carboxylic acids is 2. The molecule has 0 aliphatic carbocycles. The van der Waals surface area contributed by atoms with Crippen molar-refractivity contribution >= 4 is 34.0 Å². The van der Waals surface area contributed by atoms with Gasteiger partial charge in [0.25, 0.3) is 5.91 Å². The first kappa shape index (κ1) is 15.5. The number of amides is 2. The van der Waals surface area contributed by atoms with E-state index in [1.54, 1.807) is 6.92 Å². The van der Waals surface area contributed by atoms with Crippen molar-refractivity contribution in [2.24, 2.45) is 5.92 Å². The first-order chi connectivity index (χ1) is 10.9. The van der Waals surface area contributed by atoms with Gasteiger partial charge in [-0.2, -0.15) is 0 Å². The van der Waals surface area contributed by atoms with Gasteiger partial charge in [0.15, 0.2) is 11.2 Å². The van der Waals surface area contributed by atoms with Gasteiger partial charge in [0.1, 0.15) is 5.75 Å². The lowest BCUT2D eigenvalue weighted by atomic mass is 10.1. The molecule has 3 rings (SSSR count). The Morgan fingerprint density at radius 1 is 1.43 bits per heavy atom. The molecule has 7 heteroatoms. The molecule has 1 aliphatic heterocycles. The SMILES string of the molecule is CC(C)C(=O)Nc1nc(-c2ccc3c(c2)NC(=O)[C@H](C)O3)cs1. The molecule has 1 aliphatic rings. The van der Waals surface area contributed by atoms with E-state index in [9.17, 15) is 9.59 Å². The molecular formula is C16H17N3O3S. The number of carbonyl (C=O) groups is 2.